The average Bonchev–Trinajstić information content (AvgIpc) is 4.28. The second kappa shape index (κ2) is 17.1. The van der Waals surface area contributed by atoms with Gasteiger partial charge < -0.3 is 4.57 Å². The van der Waals surface area contributed by atoms with E-state index in [0.29, 0.717) is 17.5 Å². The van der Waals surface area contributed by atoms with E-state index in [1.807, 2.05) is 59.1 Å². The van der Waals surface area contributed by atoms with Crippen LogP contribution in [0, 0.1) is 0 Å². The van der Waals surface area contributed by atoms with Gasteiger partial charge in [0.1, 0.15) is 0 Å². The van der Waals surface area contributed by atoms with Gasteiger partial charge in [-0.05, 0) is 87.0 Å². The number of para-hydroxylation sites is 2. The van der Waals surface area contributed by atoms with E-state index in [0.717, 1.165) is 39.1 Å². The Balaban J connectivity index is 0.951. The summed E-state index contributed by atoms with van der Waals surface area (Å²) in [5.41, 5.74) is 17.6. The molecule has 15 aromatic rings. The largest absolute Gasteiger partial charge is 0.309 e. The van der Waals surface area contributed by atoms with E-state index in [1.54, 1.807) is 0 Å². The minimum Gasteiger partial charge on any atom is -0.309 e. The molecular weight excluding hydrogens is 961 g/mol. The summed E-state index contributed by atoms with van der Waals surface area (Å²) in [5.74, 6) is 2.07. The van der Waals surface area contributed by atoms with Crippen LogP contribution in [0.2, 0.25) is 0 Å². The topological polar surface area (TPSA) is 43.6 Å². The Bertz CT molecular complexity index is 4750. The zero-order valence-electron chi connectivity index (χ0n) is 40.9. The van der Waals surface area contributed by atoms with Gasteiger partial charge in [-0.2, -0.15) is 0 Å². The highest BCUT2D eigenvalue weighted by atomic mass is 32.1. The van der Waals surface area contributed by atoms with E-state index in [4.69, 9.17) is 15.0 Å². The van der Waals surface area contributed by atoms with Gasteiger partial charge in [-0.1, -0.05) is 206 Å². The van der Waals surface area contributed by atoms with Crippen LogP contribution in [0.4, 0.5) is 0 Å². The van der Waals surface area contributed by atoms with Crippen molar-refractivity contribution in [2.24, 2.45) is 0 Å². The monoisotopic (exact) mass is 1000 g/mol. The lowest BCUT2D eigenvalue weighted by molar-refractivity contribution is 1.02. The summed E-state index contributed by atoms with van der Waals surface area (Å²) >= 11 is 3.79. The molecule has 0 bridgehead atoms. The summed E-state index contributed by atoms with van der Waals surface area (Å²) in [4.78, 5) is 16.0. The number of hydrogen-bond acceptors (Lipinski definition) is 5. The van der Waals surface area contributed by atoms with Crippen molar-refractivity contribution in [2.75, 3.05) is 0 Å². The number of hydrogen-bond donors (Lipinski definition) is 0. The lowest BCUT2D eigenvalue weighted by Gasteiger charge is -2.16. The first kappa shape index (κ1) is 43.1. The van der Waals surface area contributed by atoms with Crippen molar-refractivity contribution in [1.29, 1.82) is 0 Å². The molecule has 4 aromatic heterocycles. The summed E-state index contributed by atoms with van der Waals surface area (Å²) in [6.07, 6.45) is 0. The Morgan fingerprint density at radius 2 is 0.908 bits per heavy atom. The van der Waals surface area contributed by atoms with Gasteiger partial charge in [0.15, 0.2) is 17.5 Å². The van der Waals surface area contributed by atoms with Gasteiger partial charge in [-0.15, -0.1) is 22.7 Å². The number of thiophene rings is 2. The van der Waals surface area contributed by atoms with Crippen molar-refractivity contribution in [3.05, 3.63) is 265 Å². The molecule has 11 aromatic carbocycles. The Morgan fingerprint density at radius 3 is 1.66 bits per heavy atom. The first-order valence-electron chi connectivity index (χ1n) is 25.8. The molecule has 0 aliphatic heterocycles. The molecule has 1 atom stereocenters. The summed E-state index contributed by atoms with van der Waals surface area (Å²) in [6, 6.07) is 90.2. The molecule has 0 fully saturated rings. The molecule has 0 N–H and O–H groups in total. The first-order chi connectivity index (χ1) is 37.7. The lowest BCUT2D eigenvalue weighted by atomic mass is 9.89. The van der Waals surface area contributed by atoms with Crippen LogP contribution < -0.4 is 0 Å². The maximum atomic E-state index is 5.43. The Hall–Kier alpha value is -9.33. The Kier molecular flexibility index (Phi) is 9.71. The molecular formula is C70H42N4S2. The van der Waals surface area contributed by atoms with Gasteiger partial charge in [0.2, 0.25) is 0 Å². The molecule has 4 heterocycles. The van der Waals surface area contributed by atoms with E-state index in [9.17, 15) is 0 Å². The van der Waals surface area contributed by atoms with Gasteiger partial charge in [0.05, 0.1) is 11.0 Å². The van der Waals surface area contributed by atoms with Crippen molar-refractivity contribution >= 4 is 84.8 Å². The van der Waals surface area contributed by atoms with Gasteiger partial charge in [-0.3, -0.25) is 0 Å². The molecule has 1 aliphatic rings. The number of nitrogens with zero attached hydrogens (tertiary/aromatic N) is 4. The Labute approximate surface area is 446 Å². The van der Waals surface area contributed by atoms with E-state index in [1.165, 1.54) is 95.5 Å². The minimum atomic E-state index is 0.184. The van der Waals surface area contributed by atoms with Crippen molar-refractivity contribution < 1.29 is 0 Å². The highest BCUT2D eigenvalue weighted by molar-refractivity contribution is 7.27. The molecule has 0 radical (unpaired) electrons. The van der Waals surface area contributed by atoms with Crippen LogP contribution in [-0.4, -0.2) is 19.5 Å². The second-order valence-electron chi connectivity index (χ2n) is 19.7. The standard InChI is InChI=1S/C70H42N4S2/c1-5-19-42(20-6-1)61-50-27-13-14-28-51(50)64-53(61)37-38-54-62-47(30-17-33-59(62)75-66(54)64)45-35-36-48(56(41-45)70-72-68(43-21-7-2-8-22-43)71-69(73-70)44-23-9-3-10-24-44)49-31-18-34-60-63(49)55-39-40-58-65(67(55)76-60)52-29-15-16-32-57(52)74(58)46-25-11-4-12-26-46/h1-41,61H. The quantitative estimate of drug-likeness (QED) is 0.160. The van der Waals surface area contributed by atoms with Gasteiger partial charge in [0, 0.05) is 85.0 Å². The van der Waals surface area contributed by atoms with Crippen LogP contribution in [0.1, 0.15) is 22.6 Å². The fourth-order valence-electron chi connectivity index (χ4n) is 12.3. The number of benzene rings is 11. The summed E-state index contributed by atoms with van der Waals surface area (Å²) in [7, 11) is 0. The molecule has 76 heavy (non-hydrogen) atoms. The summed E-state index contributed by atoms with van der Waals surface area (Å²) < 4.78 is 7.51. The molecule has 16 rings (SSSR count). The lowest BCUT2D eigenvalue weighted by Crippen LogP contribution is -2.01. The molecule has 0 spiro atoms. The van der Waals surface area contributed by atoms with E-state index in [-0.39, 0.29) is 5.92 Å². The second-order valence-corrected chi connectivity index (χ2v) is 21.8. The summed E-state index contributed by atoms with van der Waals surface area (Å²) in [5, 5.41) is 7.52. The molecule has 0 saturated carbocycles. The van der Waals surface area contributed by atoms with Crippen molar-refractivity contribution in [1.82, 2.24) is 19.5 Å². The highest BCUT2D eigenvalue weighted by Gasteiger charge is 2.32. The molecule has 4 nitrogen and oxygen atoms in total. The number of aromatic nitrogens is 4. The van der Waals surface area contributed by atoms with Crippen LogP contribution in [0.5, 0.6) is 0 Å². The third kappa shape index (κ3) is 6.58. The maximum absolute atomic E-state index is 5.43. The normalized spacial score (nSPS) is 13.1. The molecule has 0 saturated heterocycles. The van der Waals surface area contributed by atoms with Gasteiger partial charge in [0.25, 0.3) is 0 Å². The van der Waals surface area contributed by atoms with Crippen LogP contribution in [-0.2, 0) is 0 Å². The van der Waals surface area contributed by atoms with Crippen molar-refractivity contribution in [3.63, 3.8) is 0 Å². The zero-order valence-corrected chi connectivity index (χ0v) is 42.5. The smallest absolute Gasteiger partial charge is 0.164 e. The molecule has 354 valence electrons. The summed E-state index contributed by atoms with van der Waals surface area (Å²) in [6.45, 7) is 0. The molecule has 1 aliphatic carbocycles. The SMILES string of the molecule is c1ccc(-c2nc(-c3ccccc3)nc(-c3cc(-c4cccc5sc6c7c(ccc6c45)C(c4ccccc4)c4ccccc4-7)ccc3-c3cccc4sc5c(ccc6c5c5ccccc5n6-c5ccccc5)c34)n2)cc1. The fraction of sp³-hybridized carbons (Fsp3) is 0.0143. The third-order valence-corrected chi connectivity index (χ3v) is 17.9. The van der Waals surface area contributed by atoms with Crippen LogP contribution in [0.15, 0.2) is 249 Å². The highest BCUT2D eigenvalue weighted by Crippen LogP contribution is 2.55. The predicted octanol–water partition coefficient (Wildman–Crippen LogP) is 19.2. The number of fused-ring (bicyclic) bond motifs is 14. The first-order valence-corrected chi connectivity index (χ1v) is 27.4. The van der Waals surface area contributed by atoms with Crippen molar-refractivity contribution in [3.8, 4) is 73.2 Å². The van der Waals surface area contributed by atoms with E-state index < -0.39 is 0 Å². The number of rotatable bonds is 7. The maximum Gasteiger partial charge on any atom is 0.164 e. The molecule has 0 amide bonds. The Morgan fingerprint density at radius 1 is 0.329 bits per heavy atom. The van der Waals surface area contributed by atoms with Crippen LogP contribution >= 0.6 is 22.7 Å². The molecule has 1 unspecified atom stereocenters. The van der Waals surface area contributed by atoms with Crippen molar-refractivity contribution in [2.45, 2.75) is 5.92 Å². The van der Waals surface area contributed by atoms with E-state index in [2.05, 4.69) is 217 Å². The van der Waals surface area contributed by atoms with Crippen LogP contribution in [0.25, 0.3) is 135 Å². The molecule has 6 heteroatoms. The zero-order chi connectivity index (χ0) is 49.8. The predicted molar refractivity (Wildman–Crippen MR) is 320 cm³/mol. The fourth-order valence-corrected chi connectivity index (χ4v) is 14.9. The average molecular weight is 1000 g/mol. The van der Waals surface area contributed by atoms with Gasteiger partial charge >= 0.3 is 0 Å². The third-order valence-electron chi connectivity index (χ3n) is 15.6. The van der Waals surface area contributed by atoms with Gasteiger partial charge in [-0.25, -0.2) is 15.0 Å². The van der Waals surface area contributed by atoms with Crippen LogP contribution in [0.3, 0.4) is 0 Å². The minimum absolute atomic E-state index is 0.184. The van der Waals surface area contributed by atoms with E-state index >= 15 is 0 Å².